The van der Waals surface area contributed by atoms with E-state index in [0.717, 1.165) is 30.7 Å². The molecule has 1 aromatic rings. The van der Waals surface area contributed by atoms with Crippen molar-refractivity contribution in [3.05, 3.63) is 29.8 Å². The number of aliphatic hydroxyl groups excluding tert-OH is 1. The molecule has 1 fully saturated rings. The molecule has 4 nitrogen and oxygen atoms in total. The van der Waals surface area contributed by atoms with E-state index in [1.807, 2.05) is 36.1 Å². The van der Waals surface area contributed by atoms with Gasteiger partial charge in [0.25, 0.3) is 0 Å². The fourth-order valence-corrected chi connectivity index (χ4v) is 2.74. The van der Waals surface area contributed by atoms with Crippen molar-refractivity contribution in [3.8, 4) is 5.75 Å². The number of carbonyl (C=O) groups excluding carboxylic acids is 1. The predicted molar refractivity (Wildman–Crippen MR) is 82.3 cm³/mol. The highest BCUT2D eigenvalue weighted by molar-refractivity contribution is 5.76. The van der Waals surface area contributed by atoms with Crippen molar-refractivity contribution in [2.75, 3.05) is 19.7 Å². The van der Waals surface area contributed by atoms with Crippen LogP contribution in [0.25, 0.3) is 0 Å². The first-order valence-corrected chi connectivity index (χ1v) is 7.77. The Bertz CT molecular complexity index is 456. The van der Waals surface area contributed by atoms with Gasteiger partial charge >= 0.3 is 0 Å². The van der Waals surface area contributed by atoms with E-state index in [2.05, 4.69) is 0 Å². The fraction of sp³-hybridized carbons (Fsp3) is 0.588. The molecule has 1 aliphatic rings. The van der Waals surface area contributed by atoms with Gasteiger partial charge < -0.3 is 14.7 Å². The fourth-order valence-electron chi connectivity index (χ4n) is 2.74. The SMILES string of the molecule is CCOc1ccc(CCC(=O)N2CCC(C(C)O)C2)cc1. The first kappa shape index (κ1) is 15.8. The standard InChI is InChI=1S/C17H25NO3/c1-3-21-16-7-4-14(5-8-16)6-9-17(20)18-11-10-15(12-18)13(2)19/h4-5,7-8,13,15,19H,3,6,9-12H2,1-2H3. The number of nitrogens with zero attached hydrogens (tertiary/aromatic N) is 1. The molecule has 1 aromatic carbocycles. The van der Waals surface area contributed by atoms with Crippen molar-refractivity contribution < 1.29 is 14.6 Å². The summed E-state index contributed by atoms with van der Waals surface area (Å²) in [5, 5.41) is 9.58. The molecule has 1 aliphatic heterocycles. The molecule has 1 heterocycles. The zero-order chi connectivity index (χ0) is 15.2. The summed E-state index contributed by atoms with van der Waals surface area (Å²) in [6, 6.07) is 7.92. The maximum Gasteiger partial charge on any atom is 0.222 e. The third kappa shape index (κ3) is 4.46. The summed E-state index contributed by atoms with van der Waals surface area (Å²) in [4.78, 5) is 14.1. The molecule has 0 saturated carbocycles. The van der Waals surface area contributed by atoms with E-state index in [4.69, 9.17) is 4.74 Å². The Balaban J connectivity index is 1.79. The van der Waals surface area contributed by atoms with Crippen LogP contribution in [-0.2, 0) is 11.2 Å². The van der Waals surface area contributed by atoms with Gasteiger partial charge in [-0.15, -0.1) is 0 Å². The summed E-state index contributed by atoms with van der Waals surface area (Å²) < 4.78 is 5.40. The molecule has 1 amide bonds. The number of benzene rings is 1. The van der Waals surface area contributed by atoms with Gasteiger partial charge in [0.15, 0.2) is 0 Å². The minimum atomic E-state index is -0.325. The van der Waals surface area contributed by atoms with Crippen molar-refractivity contribution in [1.29, 1.82) is 0 Å². The molecule has 0 aromatic heterocycles. The molecule has 2 atom stereocenters. The van der Waals surface area contributed by atoms with Crippen molar-refractivity contribution in [1.82, 2.24) is 4.90 Å². The maximum atomic E-state index is 12.2. The third-order valence-corrected chi connectivity index (χ3v) is 4.12. The molecule has 0 spiro atoms. The van der Waals surface area contributed by atoms with Crippen LogP contribution in [0.3, 0.4) is 0 Å². The molecular weight excluding hydrogens is 266 g/mol. The number of ether oxygens (including phenoxy) is 1. The highest BCUT2D eigenvalue weighted by Crippen LogP contribution is 2.21. The van der Waals surface area contributed by atoms with Crippen LogP contribution in [0.1, 0.15) is 32.3 Å². The monoisotopic (exact) mass is 291 g/mol. The molecule has 0 bridgehead atoms. The van der Waals surface area contributed by atoms with E-state index < -0.39 is 0 Å². The molecule has 21 heavy (non-hydrogen) atoms. The number of hydrogen-bond acceptors (Lipinski definition) is 3. The number of amides is 1. The van der Waals surface area contributed by atoms with E-state index >= 15 is 0 Å². The predicted octanol–water partition coefficient (Wildman–Crippen LogP) is 2.25. The number of rotatable bonds is 6. The van der Waals surface area contributed by atoms with Crippen molar-refractivity contribution >= 4 is 5.91 Å². The molecule has 1 saturated heterocycles. The highest BCUT2D eigenvalue weighted by atomic mass is 16.5. The van der Waals surface area contributed by atoms with Crippen molar-refractivity contribution in [2.24, 2.45) is 5.92 Å². The Morgan fingerprint density at radius 1 is 1.43 bits per heavy atom. The summed E-state index contributed by atoms with van der Waals surface area (Å²) >= 11 is 0. The Labute approximate surface area is 126 Å². The van der Waals surface area contributed by atoms with Crippen LogP contribution in [0.2, 0.25) is 0 Å². The number of likely N-dealkylation sites (tertiary alicyclic amines) is 1. The van der Waals surface area contributed by atoms with Crippen LogP contribution in [0.5, 0.6) is 5.75 Å². The first-order valence-electron chi connectivity index (χ1n) is 7.77. The van der Waals surface area contributed by atoms with Gasteiger partial charge in [-0.3, -0.25) is 4.79 Å². The molecule has 1 N–H and O–H groups in total. The minimum Gasteiger partial charge on any atom is -0.494 e. The summed E-state index contributed by atoms with van der Waals surface area (Å²) in [6.45, 7) is 5.90. The third-order valence-electron chi connectivity index (χ3n) is 4.12. The van der Waals surface area contributed by atoms with E-state index in [1.165, 1.54) is 0 Å². The van der Waals surface area contributed by atoms with Crippen LogP contribution >= 0.6 is 0 Å². The van der Waals surface area contributed by atoms with E-state index in [-0.39, 0.29) is 17.9 Å². The summed E-state index contributed by atoms with van der Waals surface area (Å²) in [6.07, 6.45) is 1.86. The molecule has 4 heteroatoms. The molecule has 0 aliphatic carbocycles. The van der Waals surface area contributed by atoms with Crippen LogP contribution < -0.4 is 4.74 Å². The molecule has 2 rings (SSSR count). The lowest BCUT2D eigenvalue weighted by atomic mass is 10.0. The second-order valence-corrected chi connectivity index (χ2v) is 5.71. The molecular formula is C17H25NO3. The molecule has 2 unspecified atom stereocenters. The first-order chi connectivity index (χ1) is 10.1. The Kier molecular flexibility index (Phi) is 5.62. The lowest BCUT2D eigenvalue weighted by molar-refractivity contribution is -0.130. The highest BCUT2D eigenvalue weighted by Gasteiger charge is 2.28. The van der Waals surface area contributed by atoms with Crippen LogP contribution in [-0.4, -0.2) is 41.7 Å². The van der Waals surface area contributed by atoms with E-state index in [0.29, 0.717) is 19.6 Å². The van der Waals surface area contributed by atoms with Gasteiger partial charge in [-0.1, -0.05) is 12.1 Å². The Morgan fingerprint density at radius 2 is 2.14 bits per heavy atom. The van der Waals surface area contributed by atoms with Gasteiger partial charge in [-0.2, -0.15) is 0 Å². The van der Waals surface area contributed by atoms with Gasteiger partial charge in [0.2, 0.25) is 5.91 Å². The smallest absolute Gasteiger partial charge is 0.222 e. The summed E-state index contributed by atoms with van der Waals surface area (Å²) in [7, 11) is 0. The van der Waals surface area contributed by atoms with Gasteiger partial charge in [-0.25, -0.2) is 0 Å². The minimum absolute atomic E-state index is 0.187. The van der Waals surface area contributed by atoms with Crippen LogP contribution in [0.4, 0.5) is 0 Å². The number of hydrogen-bond donors (Lipinski definition) is 1. The lowest BCUT2D eigenvalue weighted by Gasteiger charge is -2.17. The second-order valence-electron chi connectivity index (χ2n) is 5.71. The summed E-state index contributed by atoms with van der Waals surface area (Å²) in [5.74, 6) is 1.29. The zero-order valence-corrected chi connectivity index (χ0v) is 12.9. The van der Waals surface area contributed by atoms with Gasteiger partial charge in [0.1, 0.15) is 5.75 Å². The van der Waals surface area contributed by atoms with Crippen LogP contribution in [0.15, 0.2) is 24.3 Å². The Morgan fingerprint density at radius 3 is 2.71 bits per heavy atom. The number of carbonyl (C=O) groups is 1. The zero-order valence-electron chi connectivity index (χ0n) is 12.9. The van der Waals surface area contributed by atoms with Crippen LogP contribution in [0, 0.1) is 5.92 Å². The number of aliphatic hydroxyl groups is 1. The van der Waals surface area contributed by atoms with Crippen molar-refractivity contribution in [2.45, 2.75) is 39.2 Å². The van der Waals surface area contributed by atoms with Gasteiger partial charge in [-0.05, 0) is 44.4 Å². The normalized spacial score (nSPS) is 19.6. The molecule has 116 valence electrons. The van der Waals surface area contributed by atoms with Gasteiger partial charge in [0, 0.05) is 25.4 Å². The quantitative estimate of drug-likeness (QED) is 0.874. The second kappa shape index (κ2) is 7.46. The largest absolute Gasteiger partial charge is 0.494 e. The molecule has 0 radical (unpaired) electrons. The van der Waals surface area contributed by atoms with E-state index in [9.17, 15) is 9.90 Å². The summed E-state index contributed by atoms with van der Waals surface area (Å²) in [5.41, 5.74) is 1.15. The number of aryl methyl sites for hydroxylation is 1. The topological polar surface area (TPSA) is 49.8 Å². The Hall–Kier alpha value is -1.55. The van der Waals surface area contributed by atoms with E-state index in [1.54, 1.807) is 6.92 Å². The maximum absolute atomic E-state index is 12.2. The average Bonchev–Trinajstić information content (AvgIpc) is 2.97. The average molecular weight is 291 g/mol. The lowest BCUT2D eigenvalue weighted by Crippen LogP contribution is -2.30. The van der Waals surface area contributed by atoms with Gasteiger partial charge in [0.05, 0.1) is 12.7 Å². The van der Waals surface area contributed by atoms with Crippen molar-refractivity contribution in [3.63, 3.8) is 0 Å².